The summed E-state index contributed by atoms with van der Waals surface area (Å²) in [5.41, 5.74) is 0.812. The second-order valence-corrected chi connectivity index (χ2v) is 9.15. The fraction of sp³-hybridized carbons (Fsp3) is 0.458. The fourth-order valence-corrected chi connectivity index (χ4v) is 5.80. The summed E-state index contributed by atoms with van der Waals surface area (Å²) in [4.78, 5) is 24.0. The second-order valence-electron chi connectivity index (χ2n) is 9.15. The van der Waals surface area contributed by atoms with Crippen LogP contribution < -0.4 is 4.74 Å². The van der Waals surface area contributed by atoms with Crippen LogP contribution in [0, 0.1) is 17.3 Å². The lowest BCUT2D eigenvalue weighted by atomic mass is 9.82. The van der Waals surface area contributed by atoms with Crippen molar-refractivity contribution in [2.24, 2.45) is 5.41 Å². The van der Waals surface area contributed by atoms with Crippen molar-refractivity contribution in [3.63, 3.8) is 0 Å². The molecule has 4 heterocycles. The number of nitrogens with zero attached hydrogens (tertiary/aromatic N) is 3. The van der Waals surface area contributed by atoms with Crippen molar-refractivity contribution in [2.75, 3.05) is 6.54 Å². The molecular formula is C24H22FN3O2. The van der Waals surface area contributed by atoms with E-state index < -0.39 is 11.1 Å². The van der Waals surface area contributed by atoms with Gasteiger partial charge >= 0.3 is 0 Å². The fourth-order valence-electron chi connectivity index (χ4n) is 5.80. The maximum atomic E-state index is 14.7. The zero-order chi connectivity index (χ0) is 20.3. The lowest BCUT2D eigenvalue weighted by Crippen LogP contribution is -2.41. The molecule has 2 aromatic heterocycles. The van der Waals surface area contributed by atoms with Gasteiger partial charge in [-0.2, -0.15) is 0 Å². The van der Waals surface area contributed by atoms with Gasteiger partial charge in [0.25, 0.3) is 0 Å². The van der Waals surface area contributed by atoms with E-state index in [1.165, 1.54) is 0 Å². The van der Waals surface area contributed by atoms with Crippen LogP contribution in [0.25, 0.3) is 0 Å². The van der Waals surface area contributed by atoms with Crippen molar-refractivity contribution in [2.45, 2.75) is 56.3 Å². The summed E-state index contributed by atoms with van der Waals surface area (Å²) in [5, 5.41) is 0. The number of likely N-dealkylation sites (tertiary alicyclic amines) is 1. The van der Waals surface area contributed by atoms with E-state index in [9.17, 15) is 9.18 Å². The molecule has 30 heavy (non-hydrogen) atoms. The first-order valence-corrected chi connectivity index (χ1v) is 10.6. The maximum Gasteiger partial charge on any atom is 0.229 e. The lowest BCUT2D eigenvalue weighted by molar-refractivity contribution is -0.142. The summed E-state index contributed by atoms with van der Waals surface area (Å²) in [6.07, 6.45) is 10.4. The predicted octanol–water partition coefficient (Wildman–Crippen LogP) is 3.58. The van der Waals surface area contributed by atoms with Crippen LogP contribution in [0.4, 0.5) is 4.39 Å². The molecule has 1 amide bonds. The van der Waals surface area contributed by atoms with E-state index in [0.717, 1.165) is 28.9 Å². The molecule has 0 aromatic carbocycles. The molecule has 1 saturated heterocycles. The molecule has 2 saturated carbocycles. The first-order valence-electron chi connectivity index (χ1n) is 10.6. The van der Waals surface area contributed by atoms with Crippen LogP contribution in [0.2, 0.25) is 0 Å². The number of halogens is 1. The molecule has 0 unspecified atom stereocenters. The molecule has 152 valence electrons. The minimum Gasteiger partial charge on any atom is -0.487 e. The largest absolute Gasteiger partial charge is 0.487 e. The molecule has 5 nitrogen and oxygen atoms in total. The number of ether oxygens (including phenoxy) is 1. The third-order valence-electron chi connectivity index (χ3n) is 7.31. The number of pyridine rings is 2. The number of carbonyl (C=O) groups excluding carboxylic acids is 1. The number of hydrogen-bond donors (Lipinski definition) is 0. The number of aromatic nitrogens is 2. The van der Waals surface area contributed by atoms with Crippen LogP contribution in [0.1, 0.15) is 61.3 Å². The Labute approximate surface area is 174 Å². The van der Waals surface area contributed by atoms with E-state index in [4.69, 9.17) is 4.74 Å². The van der Waals surface area contributed by atoms with E-state index in [0.29, 0.717) is 38.6 Å². The minimum atomic E-state index is -1.13. The molecule has 2 atom stereocenters. The zero-order valence-electron chi connectivity index (χ0n) is 16.6. The van der Waals surface area contributed by atoms with Crippen LogP contribution in [-0.4, -0.2) is 39.1 Å². The Morgan fingerprint density at radius 2 is 2.03 bits per heavy atom. The molecule has 4 aliphatic rings. The van der Waals surface area contributed by atoms with Crippen molar-refractivity contribution < 1.29 is 13.9 Å². The van der Waals surface area contributed by atoms with Crippen molar-refractivity contribution in [1.82, 2.24) is 14.9 Å². The lowest BCUT2D eigenvalue weighted by Gasteiger charge is -2.33. The Morgan fingerprint density at radius 3 is 2.77 bits per heavy atom. The number of amides is 1. The predicted molar refractivity (Wildman–Crippen MR) is 107 cm³/mol. The summed E-state index contributed by atoms with van der Waals surface area (Å²) >= 11 is 0. The van der Waals surface area contributed by atoms with Gasteiger partial charge in [0.1, 0.15) is 17.5 Å². The monoisotopic (exact) mass is 403 g/mol. The van der Waals surface area contributed by atoms with Crippen molar-refractivity contribution in [1.29, 1.82) is 0 Å². The molecule has 0 N–H and O–H groups in total. The van der Waals surface area contributed by atoms with Crippen molar-refractivity contribution in [3.05, 3.63) is 53.6 Å². The molecule has 6 heteroatoms. The van der Waals surface area contributed by atoms with Crippen LogP contribution in [-0.2, 0) is 4.79 Å². The topological polar surface area (TPSA) is 55.3 Å². The Balaban J connectivity index is 1.32. The average molecular weight is 403 g/mol. The molecule has 0 radical (unpaired) electrons. The van der Waals surface area contributed by atoms with Gasteiger partial charge in [-0.15, -0.1) is 0 Å². The zero-order valence-corrected chi connectivity index (χ0v) is 16.6. The van der Waals surface area contributed by atoms with Crippen LogP contribution >= 0.6 is 0 Å². The first kappa shape index (κ1) is 17.9. The third kappa shape index (κ3) is 2.64. The van der Waals surface area contributed by atoms with Gasteiger partial charge in [0, 0.05) is 42.3 Å². The normalized spacial score (nSPS) is 32.9. The third-order valence-corrected chi connectivity index (χ3v) is 7.31. The van der Waals surface area contributed by atoms with Crippen LogP contribution in [0.5, 0.6) is 5.75 Å². The van der Waals surface area contributed by atoms with Crippen molar-refractivity contribution >= 4 is 5.91 Å². The standard InChI is InChI=1S/C24H22FN3O2/c25-24-7-5-23(15-24,6-8-24)22(29)28-14-18-10-20(28)19-13-27-12-17(21(19)30-18)4-3-16-2-1-9-26-11-16/h1-2,9,11-13,18,20H,5-8,10,14-15H2/t18-,20-,23?,24?/m0/s1. The minimum absolute atomic E-state index is 0.0536. The van der Waals surface area contributed by atoms with Gasteiger partial charge in [-0.05, 0) is 44.2 Å². The second kappa shape index (κ2) is 6.28. The molecule has 2 aromatic rings. The number of alkyl halides is 1. The summed E-state index contributed by atoms with van der Waals surface area (Å²) in [5.74, 6) is 7.10. The molecular weight excluding hydrogens is 381 g/mol. The summed E-state index contributed by atoms with van der Waals surface area (Å²) in [6.45, 7) is 0.550. The van der Waals surface area contributed by atoms with Gasteiger partial charge in [0.05, 0.1) is 23.6 Å². The van der Waals surface area contributed by atoms with Gasteiger partial charge < -0.3 is 9.64 Å². The van der Waals surface area contributed by atoms with Crippen LogP contribution in [0.3, 0.4) is 0 Å². The van der Waals surface area contributed by atoms with Crippen molar-refractivity contribution in [3.8, 4) is 17.6 Å². The van der Waals surface area contributed by atoms with E-state index in [2.05, 4.69) is 21.8 Å². The quantitative estimate of drug-likeness (QED) is 0.683. The van der Waals surface area contributed by atoms with E-state index in [1.807, 2.05) is 17.0 Å². The Bertz CT molecular complexity index is 1080. The van der Waals surface area contributed by atoms with Gasteiger partial charge in [0.15, 0.2) is 0 Å². The number of hydrogen-bond acceptors (Lipinski definition) is 4. The highest BCUT2D eigenvalue weighted by atomic mass is 19.1. The molecule has 6 rings (SSSR count). The Morgan fingerprint density at radius 1 is 1.17 bits per heavy atom. The highest BCUT2D eigenvalue weighted by molar-refractivity contribution is 5.85. The van der Waals surface area contributed by atoms with Crippen LogP contribution in [0.15, 0.2) is 36.9 Å². The average Bonchev–Trinajstić information content (AvgIpc) is 3.42. The number of carbonyl (C=O) groups is 1. The highest BCUT2D eigenvalue weighted by Crippen LogP contribution is 2.60. The summed E-state index contributed by atoms with van der Waals surface area (Å²) in [6, 6.07) is 3.69. The molecule has 2 aliphatic carbocycles. The number of rotatable bonds is 1. The van der Waals surface area contributed by atoms with Gasteiger partial charge in [-0.25, -0.2) is 4.39 Å². The van der Waals surface area contributed by atoms with Gasteiger partial charge in [-0.1, -0.05) is 11.8 Å². The Hall–Kier alpha value is -2.94. The summed E-state index contributed by atoms with van der Waals surface area (Å²) in [7, 11) is 0. The van der Waals surface area contributed by atoms with E-state index in [1.54, 1.807) is 24.8 Å². The SMILES string of the molecule is O=C(N1C[C@@H]2C[C@H]1c1cncc(C#Cc3cccnc3)c1O2)C12CCC(F)(CC1)C2. The van der Waals surface area contributed by atoms with Gasteiger partial charge in [0.2, 0.25) is 5.91 Å². The highest BCUT2D eigenvalue weighted by Gasteiger charge is 2.61. The maximum absolute atomic E-state index is 14.7. The first-order chi connectivity index (χ1) is 14.6. The molecule has 3 fully saturated rings. The van der Waals surface area contributed by atoms with E-state index in [-0.39, 0.29) is 18.1 Å². The molecule has 0 spiro atoms. The van der Waals surface area contributed by atoms with E-state index >= 15 is 0 Å². The Kier molecular flexibility index (Phi) is 3.74. The molecule has 4 bridgehead atoms. The molecule has 2 aliphatic heterocycles. The summed E-state index contributed by atoms with van der Waals surface area (Å²) < 4.78 is 21.0. The number of fused-ring (bicyclic) bond motifs is 6. The smallest absolute Gasteiger partial charge is 0.229 e. The van der Waals surface area contributed by atoms with Gasteiger partial charge in [-0.3, -0.25) is 14.8 Å².